The Labute approximate surface area is 238 Å². The van der Waals surface area contributed by atoms with Gasteiger partial charge in [-0.15, -0.1) is 0 Å². The van der Waals surface area contributed by atoms with Crippen molar-refractivity contribution in [3.05, 3.63) is 108 Å². The summed E-state index contributed by atoms with van der Waals surface area (Å²) in [5, 5.41) is 0.982. The molecule has 5 aromatic rings. The number of carbonyl (C=O) groups excluding carboxylic acids is 2. The average molecular weight is 550 g/mol. The summed E-state index contributed by atoms with van der Waals surface area (Å²) in [7, 11) is 1.63. The van der Waals surface area contributed by atoms with Crippen LogP contribution in [-0.2, 0) is 27.3 Å². The van der Waals surface area contributed by atoms with E-state index in [0.717, 1.165) is 44.7 Å². The van der Waals surface area contributed by atoms with E-state index in [1.165, 1.54) is 6.92 Å². The van der Waals surface area contributed by atoms with Gasteiger partial charge in [-0.1, -0.05) is 42.5 Å². The van der Waals surface area contributed by atoms with Crippen LogP contribution in [0.1, 0.15) is 25.0 Å². The van der Waals surface area contributed by atoms with Crippen LogP contribution in [0.3, 0.4) is 0 Å². The Kier molecular flexibility index (Phi) is 8.34. The van der Waals surface area contributed by atoms with E-state index in [9.17, 15) is 9.59 Å². The summed E-state index contributed by atoms with van der Waals surface area (Å²) in [5.74, 6) is 2.01. The monoisotopic (exact) mass is 549 g/mol. The van der Waals surface area contributed by atoms with Crippen molar-refractivity contribution in [2.24, 2.45) is 0 Å². The van der Waals surface area contributed by atoms with Crippen LogP contribution in [0.2, 0.25) is 0 Å². The van der Waals surface area contributed by atoms with E-state index in [4.69, 9.17) is 18.9 Å². The van der Waals surface area contributed by atoms with Crippen molar-refractivity contribution in [2.45, 2.75) is 26.8 Å². The maximum absolute atomic E-state index is 12.4. The summed E-state index contributed by atoms with van der Waals surface area (Å²) >= 11 is 0. The van der Waals surface area contributed by atoms with Gasteiger partial charge in [0.05, 0.1) is 20.1 Å². The lowest BCUT2D eigenvalue weighted by Crippen LogP contribution is -2.07. The third-order valence-corrected chi connectivity index (χ3v) is 6.59. The van der Waals surface area contributed by atoms with Crippen molar-refractivity contribution < 1.29 is 28.5 Å². The lowest BCUT2D eigenvalue weighted by Gasteiger charge is -2.10. The van der Waals surface area contributed by atoms with Crippen molar-refractivity contribution >= 4 is 22.8 Å². The molecule has 0 fully saturated rings. The quantitative estimate of drug-likeness (QED) is 0.136. The molecule has 1 aromatic heterocycles. The summed E-state index contributed by atoms with van der Waals surface area (Å²) in [5.41, 5.74) is 4.85. The molecule has 0 radical (unpaired) electrons. The molecule has 0 aliphatic rings. The fourth-order valence-electron chi connectivity index (χ4n) is 4.75. The van der Waals surface area contributed by atoms with Gasteiger partial charge in [-0.2, -0.15) is 0 Å². The van der Waals surface area contributed by atoms with Crippen molar-refractivity contribution in [2.75, 3.05) is 13.7 Å². The minimum atomic E-state index is -0.366. The first-order valence-corrected chi connectivity index (χ1v) is 13.4. The summed E-state index contributed by atoms with van der Waals surface area (Å²) in [6, 6.07) is 29.0. The Hall–Kier alpha value is -5.04. The first kappa shape index (κ1) is 27.5. The molecule has 41 heavy (non-hydrogen) atoms. The second kappa shape index (κ2) is 12.4. The predicted molar refractivity (Wildman–Crippen MR) is 158 cm³/mol. The Bertz CT molecular complexity index is 1690. The largest absolute Gasteiger partial charge is 0.497 e. The number of carbonyl (C=O) groups is 2. The minimum Gasteiger partial charge on any atom is -0.497 e. The zero-order valence-corrected chi connectivity index (χ0v) is 23.3. The minimum absolute atomic E-state index is 0.186. The number of aromatic nitrogens is 1. The van der Waals surface area contributed by atoms with Crippen LogP contribution in [-0.4, -0.2) is 30.2 Å². The van der Waals surface area contributed by atoms with E-state index >= 15 is 0 Å². The van der Waals surface area contributed by atoms with Crippen LogP contribution >= 0.6 is 0 Å². The number of benzene rings is 4. The molecule has 1 heterocycles. The fourth-order valence-corrected chi connectivity index (χ4v) is 4.75. The molecule has 0 N–H and O–H groups in total. The highest BCUT2D eigenvalue weighted by molar-refractivity contribution is 5.91. The van der Waals surface area contributed by atoms with Gasteiger partial charge in [-0.25, -0.2) is 0 Å². The Morgan fingerprint density at radius 1 is 0.780 bits per heavy atom. The number of hydrogen-bond acceptors (Lipinski definition) is 6. The van der Waals surface area contributed by atoms with Gasteiger partial charge in [0.15, 0.2) is 0 Å². The molecule has 0 saturated carbocycles. The van der Waals surface area contributed by atoms with Crippen LogP contribution in [0.25, 0.3) is 22.0 Å². The second-order valence-corrected chi connectivity index (χ2v) is 9.54. The molecule has 0 bridgehead atoms. The lowest BCUT2D eigenvalue weighted by atomic mass is 10.0. The molecule has 0 unspecified atom stereocenters. The molecule has 0 saturated heterocycles. The molecule has 0 spiro atoms. The number of ether oxygens (including phenoxy) is 4. The van der Waals surface area contributed by atoms with Gasteiger partial charge in [0.25, 0.3) is 0 Å². The maximum Gasteiger partial charge on any atom is 0.310 e. The highest BCUT2D eigenvalue weighted by atomic mass is 16.5. The van der Waals surface area contributed by atoms with Crippen LogP contribution in [0.4, 0.5) is 0 Å². The highest BCUT2D eigenvalue weighted by Gasteiger charge is 2.15. The number of methoxy groups -OCH3 is 1. The third-order valence-electron chi connectivity index (χ3n) is 6.59. The van der Waals surface area contributed by atoms with Crippen molar-refractivity contribution in [3.8, 4) is 34.1 Å². The Morgan fingerprint density at radius 3 is 2.27 bits per heavy atom. The van der Waals surface area contributed by atoms with Gasteiger partial charge in [-0.05, 0) is 71.6 Å². The number of esters is 2. The second-order valence-electron chi connectivity index (χ2n) is 9.54. The van der Waals surface area contributed by atoms with E-state index in [1.807, 2.05) is 85.1 Å². The zero-order valence-electron chi connectivity index (χ0n) is 23.3. The highest BCUT2D eigenvalue weighted by Crippen LogP contribution is 2.31. The molecule has 0 atom stereocenters. The lowest BCUT2D eigenvalue weighted by molar-refractivity contribution is -0.142. The Balaban J connectivity index is 1.45. The van der Waals surface area contributed by atoms with Crippen LogP contribution in [0.5, 0.6) is 23.0 Å². The maximum atomic E-state index is 12.4. The average Bonchev–Trinajstić information content (AvgIpc) is 3.30. The summed E-state index contributed by atoms with van der Waals surface area (Å²) in [4.78, 5) is 23.8. The molecule has 7 nitrogen and oxygen atoms in total. The SMILES string of the molecule is CCOC(=O)Cc1cn(Cc2ccc(Oc3cccc(OC)c3)cc2)c2cc(-c3cccc(OC(C)=O)c3)ccc12. The van der Waals surface area contributed by atoms with E-state index in [0.29, 0.717) is 24.7 Å². The van der Waals surface area contributed by atoms with Gasteiger partial charge in [0.1, 0.15) is 23.0 Å². The number of rotatable bonds is 10. The van der Waals surface area contributed by atoms with Gasteiger partial charge < -0.3 is 23.5 Å². The normalized spacial score (nSPS) is 10.8. The molecule has 7 heteroatoms. The van der Waals surface area contributed by atoms with E-state index in [-0.39, 0.29) is 18.4 Å². The van der Waals surface area contributed by atoms with Gasteiger partial charge in [0.2, 0.25) is 0 Å². The van der Waals surface area contributed by atoms with Crippen LogP contribution in [0, 0.1) is 0 Å². The molecule has 0 amide bonds. The first-order chi connectivity index (χ1) is 19.9. The van der Waals surface area contributed by atoms with Gasteiger partial charge in [0, 0.05) is 36.6 Å². The molecule has 0 aliphatic carbocycles. The smallest absolute Gasteiger partial charge is 0.310 e. The zero-order chi connectivity index (χ0) is 28.8. The van der Waals surface area contributed by atoms with Gasteiger partial charge >= 0.3 is 11.9 Å². The van der Waals surface area contributed by atoms with Crippen molar-refractivity contribution in [1.82, 2.24) is 4.57 Å². The molecule has 4 aromatic carbocycles. The van der Waals surface area contributed by atoms with E-state index in [1.54, 1.807) is 20.1 Å². The topological polar surface area (TPSA) is 76.0 Å². The van der Waals surface area contributed by atoms with E-state index < -0.39 is 0 Å². The van der Waals surface area contributed by atoms with Crippen molar-refractivity contribution in [3.63, 3.8) is 0 Å². The standard InChI is InChI=1S/C34H31NO6/c1-4-39-34(37)19-27-22-35(21-24-11-14-28(15-12-24)41-31-10-6-8-29(20-31)38-3)33-18-26(13-16-32(27)33)25-7-5-9-30(17-25)40-23(2)36/h5-18,20,22H,4,19,21H2,1-3H3. The molecule has 0 aliphatic heterocycles. The van der Waals surface area contributed by atoms with Crippen LogP contribution < -0.4 is 14.2 Å². The number of nitrogens with zero attached hydrogens (tertiary/aromatic N) is 1. The molecule has 208 valence electrons. The van der Waals surface area contributed by atoms with Crippen LogP contribution in [0.15, 0.2) is 97.2 Å². The molecular formula is C34H31NO6. The third kappa shape index (κ3) is 6.76. The first-order valence-electron chi connectivity index (χ1n) is 13.4. The van der Waals surface area contributed by atoms with E-state index in [2.05, 4.69) is 10.6 Å². The summed E-state index contributed by atoms with van der Waals surface area (Å²) in [6.45, 7) is 4.12. The summed E-state index contributed by atoms with van der Waals surface area (Å²) < 4.78 is 23.9. The Morgan fingerprint density at radius 2 is 1.51 bits per heavy atom. The van der Waals surface area contributed by atoms with Gasteiger partial charge in [-0.3, -0.25) is 9.59 Å². The predicted octanol–water partition coefficient (Wildman–Crippen LogP) is 7.19. The number of fused-ring (bicyclic) bond motifs is 1. The molecule has 5 rings (SSSR count). The molecular weight excluding hydrogens is 518 g/mol. The van der Waals surface area contributed by atoms with Crippen molar-refractivity contribution in [1.29, 1.82) is 0 Å². The number of hydrogen-bond donors (Lipinski definition) is 0. The fraction of sp³-hybridized carbons (Fsp3) is 0.176. The summed E-state index contributed by atoms with van der Waals surface area (Å²) in [6.07, 6.45) is 2.20.